The molecule has 3 heterocycles. The first-order valence-electron chi connectivity index (χ1n) is 11.3. The number of aryl methyl sites for hydroxylation is 1. The van der Waals surface area contributed by atoms with Crippen molar-refractivity contribution in [2.75, 3.05) is 31.9 Å². The van der Waals surface area contributed by atoms with Crippen molar-refractivity contribution < 1.29 is 4.79 Å². The highest BCUT2D eigenvalue weighted by Gasteiger charge is 2.23. The van der Waals surface area contributed by atoms with Gasteiger partial charge in [-0.3, -0.25) is 19.1 Å². The molecule has 4 aromatic rings. The number of carbonyl (C=O) groups excluding carboxylic acids is 1. The van der Waals surface area contributed by atoms with E-state index in [9.17, 15) is 9.59 Å². The van der Waals surface area contributed by atoms with Crippen molar-refractivity contribution in [3.05, 3.63) is 86.8 Å². The van der Waals surface area contributed by atoms with E-state index in [1.807, 2.05) is 54.3 Å². The van der Waals surface area contributed by atoms with Crippen molar-refractivity contribution in [3.8, 4) is 5.69 Å². The molecule has 0 radical (unpaired) electrons. The lowest BCUT2D eigenvalue weighted by atomic mass is 10.2. The van der Waals surface area contributed by atoms with Gasteiger partial charge in [-0.2, -0.15) is 0 Å². The zero-order chi connectivity index (χ0) is 23.5. The van der Waals surface area contributed by atoms with Crippen LogP contribution in [0.5, 0.6) is 0 Å². The Morgan fingerprint density at radius 2 is 1.76 bits per heavy atom. The summed E-state index contributed by atoms with van der Waals surface area (Å²) in [5, 5.41) is 3.22. The van der Waals surface area contributed by atoms with Crippen molar-refractivity contribution in [2.45, 2.75) is 18.6 Å². The first-order valence-corrected chi connectivity index (χ1v) is 13.2. The third-order valence-corrected chi connectivity index (χ3v) is 7.90. The van der Waals surface area contributed by atoms with Crippen LogP contribution in [0.4, 0.5) is 0 Å². The van der Waals surface area contributed by atoms with E-state index in [0.717, 1.165) is 44.0 Å². The van der Waals surface area contributed by atoms with Crippen LogP contribution in [0.1, 0.15) is 10.4 Å². The van der Waals surface area contributed by atoms with Gasteiger partial charge in [0.25, 0.3) is 5.56 Å². The zero-order valence-electron chi connectivity index (χ0n) is 19.0. The molecule has 174 valence electrons. The minimum Gasteiger partial charge on any atom is -0.339 e. The Morgan fingerprint density at radius 3 is 2.53 bits per heavy atom. The topological polar surface area (TPSA) is 58.4 Å². The van der Waals surface area contributed by atoms with Crippen LogP contribution in [0.3, 0.4) is 0 Å². The second-order valence-electron chi connectivity index (χ2n) is 8.36. The molecule has 0 saturated carbocycles. The number of hydrogen-bond donors (Lipinski definition) is 0. The van der Waals surface area contributed by atoms with Gasteiger partial charge in [0.1, 0.15) is 0 Å². The maximum absolute atomic E-state index is 13.4. The minimum atomic E-state index is -0.114. The Kier molecular flexibility index (Phi) is 6.80. The molecular weight excluding hydrogens is 464 g/mol. The van der Waals surface area contributed by atoms with E-state index in [2.05, 4.69) is 22.4 Å². The molecule has 0 N–H and O–H groups in total. The molecule has 1 fully saturated rings. The summed E-state index contributed by atoms with van der Waals surface area (Å²) in [4.78, 5) is 36.9. The number of para-hydroxylation sites is 2. The molecule has 0 bridgehead atoms. The number of fused-ring (bicyclic) bond motifs is 1. The van der Waals surface area contributed by atoms with Crippen LogP contribution in [0, 0.1) is 6.92 Å². The highest BCUT2D eigenvalue weighted by Crippen LogP contribution is 2.24. The molecule has 6 nitrogen and oxygen atoms in total. The molecule has 0 unspecified atom stereocenters. The maximum Gasteiger partial charge on any atom is 0.266 e. The smallest absolute Gasteiger partial charge is 0.266 e. The minimum absolute atomic E-state index is 0.0829. The molecule has 2 aromatic carbocycles. The van der Waals surface area contributed by atoms with Crippen molar-refractivity contribution in [1.82, 2.24) is 19.4 Å². The number of benzene rings is 2. The molecule has 1 saturated heterocycles. The van der Waals surface area contributed by atoms with E-state index < -0.39 is 0 Å². The predicted molar refractivity (Wildman–Crippen MR) is 139 cm³/mol. The standard InChI is InChI=1S/C26H26N4O2S2/c1-19-7-2-5-11-23(19)30-25(32)21-9-3-4-10-22(21)27-26(30)34-18-24(31)29-14-12-28(13-15-29)17-20-8-6-16-33-20/h2-11,16H,12-15,17-18H2,1H3. The summed E-state index contributed by atoms with van der Waals surface area (Å²) < 4.78 is 1.65. The van der Waals surface area contributed by atoms with Crippen molar-refractivity contribution >= 4 is 39.9 Å². The summed E-state index contributed by atoms with van der Waals surface area (Å²) >= 11 is 3.11. The summed E-state index contributed by atoms with van der Waals surface area (Å²) in [5.41, 5.74) is 2.31. The van der Waals surface area contributed by atoms with Gasteiger partial charge in [-0.05, 0) is 42.1 Å². The van der Waals surface area contributed by atoms with E-state index in [-0.39, 0.29) is 17.2 Å². The SMILES string of the molecule is Cc1ccccc1-n1c(SCC(=O)N2CCN(Cc3cccs3)CC2)nc2ccccc2c1=O. The fourth-order valence-corrected chi connectivity index (χ4v) is 5.89. The predicted octanol–water partition coefficient (Wildman–Crippen LogP) is 4.19. The van der Waals surface area contributed by atoms with Crippen LogP contribution in [0.2, 0.25) is 0 Å². The van der Waals surface area contributed by atoms with E-state index in [0.29, 0.717) is 16.1 Å². The van der Waals surface area contributed by atoms with Gasteiger partial charge < -0.3 is 4.90 Å². The number of thioether (sulfide) groups is 1. The van der Waals surface area contributed by atoms with Crippen LogP contribution in [0.25, 0.3) is 16.6 Å². The monoisotopic (exact) mass is 490 g/mol. The summed E-state index contributed by atoms with van der Waals surface area (Å²) in [6.45, 7) is 6.11. The molecule has 8 heteroatoms. The van der Waals surface area contributed by atoms with Gasteiger partial charge in [0.2, 0.25) is 5.91 Å². The van der Waals surface area contributed by atoms with E-state index in [4.69, 9.17) is 4.98 Å². The van der Waals surface area contributed by atoms with Gasteiger partial charge in [-0.1, -0.05) is 48.2 Å². The third kappa shape index (κ3) is 4.80. The van der Waals surface area contributed by atoms with Gasteiger partial charge in [-0.15, -0.1) is 11.3 Å². The number of aromatic nitrogens is 2. The van der Waals surface area contributed by atoms with Gasteiger partial charge in [0.05, 0.1) is 22.3 Å². The Bertz CT molecular complexity index is 1360. The number of thiophene rings is 1. The second-order valence-corrected chi connectivity index (χ2v) is 10.3. The van der Waals surface area contributed by atoms with Crippen molar-refractivity contribution in [3.63, 3.8) is 0 Å². The Hall–Kier alpha value is -2.94. The largest absolute Gasteiger partial charge is 0.339 e. The summed E-state index contributed by atoms with van der Waals surface area (Å²) in [5.74, 6) is 0.334. The Balaban J connectivity index is 1.33. The molecular formula is C26H26N4O2S2. The Morgan fingerprint density at radius 1 is 1.00 bits per heavy atom. The lowest BCUT2D eigenvalue weighted by Crippen LogP contribution is -2.48. The number of piperazine rings is 1. The number of nitrogens with zero attached hydrogens (tertiary/aromatic N) is 4. The van der Waals surface area contributed by atoms with E-state index >= 15 is 0 Å². The summed E-state index contributed by atoms with van der Waals surface area (Å²) in [7, 11) is 0. The summed E-state index contributed by atoms with van der Waals surface area (Å²) in [6, 6.07) is 19.4. The number of carbonyl (C=O) groups is 1. The fourth-order valence-electron chi connectivity index (χ4n) is 4.23. The van der Waals surface area contributed by atoms with Gasteiger partial charge in [-0.25, -0.2) is 4.98 Å². The van der Waals surface area contributed by atoms with Gasteiger partial charge in [0.15, 0.2) is 5.16 Å². The van der Waals surface area contributed by atoms with Crippen LogP contribution >= 0.6 is 23.1 Å². The van der Waals surface area contributed by atoms with E-state index in [1.54, 1.807) is 22.0 Å². The normalized spacial score (nSPS) is 14.6. The number of hydrogen-bond acceptors (Lipinski definition) is 6. The Labute approximate surface area is 206 Å². The van der Waals surface area contributed by atoms with E-state index in [1.165, 1.54) is 16.6 Å². The zero-order valence-corrected chi connectivity index (χ0v) is 20.6. The average molecular weight is 491 g/mol. The molecule has 1 amide bonds. The molecule has 1 aliphatic rings. The van der Waals surface area contributed by atoms with Crippen LogP contribution in [-0.4, -0.2) is 57.2 Å². The van der Waals surface area contributed by atoms with Gasteiger partial charge in [0, 0.05) is 37.6 Å². The van der Waals surface area contributed by atoms with Gasteiger partial charge >= 0.3 is 0 Å². The molecule has 2 aromatic heterocycles. The molecule has 0 aliphatic carbocycles. The molecule has 0 spiro atoms. The van der Waals surface area contributed by atoms with Crippen molar-refractivity contribution in [1.29, 1.82) is 0 Å². The lowest BCUT2D eigenvalue weighted by Gasteiger charge is -2.34. The average Bonchev–Trinajstić information content (AvgIpc) is 3.37. The second kappa shape index (κ2) is 10.1. The highest BCUT2D eigenvalue weighted by atomic mass is 32.2. The first-order chi connectivity index (χ1) is 16.6. The molecule has 34 heavy (non-hydrogen) atoms. The van der Waals surface area contributed by atoms with Crippen LogP contribution in [-0.2, 0) is 11.3 Å². The van der Waals surface area contributed by atoms with Crippen LogP contribution < -0.4 is 5.56 Å². The maximum atomic E-state index is 13.4. The number of amides is 1. The molecule has 5 rings (SSSR count). The lowest BCUT2D eigenvalue weighted by molar-refractivity contribution is -0.130. The first kappa shape index (κ1) is 22.8. The van der Waals surface area contributed by atoms with Crippen LogP contribution in [0.15, 0.2) is 76.0 Å². The number of rotatable bonds is 6. The fraction of sp³-hybridized carbons (Fsp3) is 0.269. The third-order valence-electron chi connectivity index (χ3n) is 6.11. The molecule has 0 atom stereocenters. The highest BCUT2D eigenvalue weighted by molar-refractivity contribution is 7.99. The summed E-state index contributed by atoms with van der Waals surface area (Å²) in [6.07, 6.45) is 0. The molecule has 1 aliphatic heterocycles. The van der Waals surface area contributed by atoms with Crippen molar-refractivity contribution in [2.24, 2.45) is 0 Å². The quantitative estimate of drug-likeness (QED) is 0.300.